The summed E-state index contributed by atoms with van der Waals surface area (Å²) in [6.45, 7) is 4.08. The van der Waals surface area contributed by atoms with Crippen LogP contribution in [0.15, 0.2) is 59.2 Å². The number of aromatic nitrogens is 2. The van der Waals surface area contributed by atoms with E-state index in [1.54, 1.807) is 24.8 Å². The summed E-state index contributed by atoms with van der Waals surface area (Å²) in [6, 6.07) is 13.8. The van der Waals surface area contributed by atoms with E-state index in [-0.39, 0.29) is 5.78 Å². The second kappa shape index (κ2) is 8.35. The van der Waals surface area contributed by atoms with E-state index in [0.29, 0.717) is 5.75 Å². The van der Waals surface area contributed by atoms with Crippen LogP contribution in [0.4, 0.5) is 0 Å². The fraction of sp³-hybridized carbons (Fsp3) is 0.174. The minimum atomic E-state index is 0.103. The van der Waals surface area contributed by atoms with Crippen molar-refractivity contribution in [1.82, 2.24) is 9.97 Å². The summed E-state index contributed by atoms with van der Waals surface area (Å²) >= 11 is 3.05. The molecule has 146 valence electrons. The predicted octanol–water partition coefficient (Wildman–Crippen LogP) is 5.96. The number of hydrogen-bond donors (Lipinski definition) is 0. The number of carbonyl (C=O) groups is 1. The number of methoxy groups -OCH3 is 1. The van der Waals surface area contributed by atoms with Crippen LogP contribution in [0.25, 0.3) is 21.3 Å². The molecular formula is C23H20N2O2S2. The van der Waals surface area contributed by atoms with Crippen LogP contribution in [0.2, 0.25) is 0 Å². The second-order valence-electron chi connectivity index (χ2n) is 6.75. The van der Waals surface area contributed by atoms with E-state index < -0.39 is 0 Å². The number of thiophene rings is 1. The number of carbonyl (C=O) groups excluding carboxylic acids is 1. The number of hydrogen-bond acceptors (Lipinski definition) is 6. The summed E-state index contributed by atoms with van der Waals surface area (Å²) in [4.78, 5) is 22.5. The van der Waals surface area contributed by atoms with Gasteiger partial charge in [-0.3, -0.25) is 4.79 Å². The zero-order valence-electron chi connectivity index (χ0n) is 16.4. The lowest BCUT2D eigenvalue weighted by molar-refractivity contribution is 0.102. The molecule has 0 atom stereocenters. The van der Waals surface area contributed by atoms with Crippen LogP contribution in [0, 0.1) is 13.8 Å². The Labute approximate surface area is 178 Å². The molecule has 0 radical (unpaired) electrons. The molecule has 0 aliphatic heterocycles. The average molecular weight is 421 g/mol. The topological polar surface area (TPSA) is 52.1 Å². The van der Waals surface area contributed by atoms with Crippen molar-refractivity contribution < 1.29 is 9.53 Å². The molecule has 29 heavy (non-hydrogen) atoms. The van der Waals surface area contributed by atoms with E-state index >= 15 is 0 Å². The zero-order valence-corrected chi connectivity index (χ0v) is 18.1. The first-order chi connectivity index (χ1) is 14.1. The first-order valence-corrected chi connectivity index (χ1v) is 11.0. The van der Waals surface area contributed by atoms with Crippen molar-refractivity contribution in [2.45, 2.75) is 18.9 Å². The summed E-state index contributed by atoms with van der Waals surface area (Å²) in [6.07, 6.45) is 1.57. The quantitative estimate of drug-likeness (QED) is 0.219. The third-order valence-corrected chi connectivity index (χ3v) is 6.78. The molecule has 0 saturated heterocycles. The number of fused-ring (bicyclic) bond motifs is 1. The standard InChI is InChI=1S/C23H20N2O2S2/c1-14-4-5-17(10-15(14)2)20(26)12-29-23-21-19(11-28-22(21)24-13-25-23)16-6-8-18(27-3)9-7-16/h4-11,13H,12H2,1-3H3. The molecule has 2 aromatic heterocycles. The van der Waals surface area contributed by atoms with Gasteiger partial charge in [0.05, 0.1) is 18.2 Å². The Morgan fingerprint density at radius 1 is 1.07 bits per heavy atom. The summed E-state index contributed by atoms with van der Waals surface area (Å²) in [5, 5.41) is 3.93. The highest BCUT2D eigenvalue weighted by Gasteiger charge is 2.15. The van der Waals surface area contributed by atoms with Gasteiger partial charge in [0.15, 0.2) is 5.78 Å². The Morgan fingerprint density at radius 3 is 2.59 bits per heavy atom. The lowest BCUT2D eigenvalue weighted by atomic mass is 10.0. The molecule has 0 saturated carbocycles. The lowest BCUT2D eigenvalue weighted by Gasteiger charge is -2.07. The molecule has 0 aliphatic carbocycles. The van der Waals surface area contributed by atoms with Gasteiger partial charge in [-0.05, 0) is 48.7 Å². The molecule has 0 fully saturated rings. The van der Waals surface area contributed by atoms with Gasteiger partial charge in [-0.2, -0.15) is 0 Å². The monoisotopic (exact) mass is 420 g/mol. The molecule has 0 bridgehead atoms. The maximum atomic E-state index is 12.7. The van der Waals surface area contributed by atoms with Gasteiger partial charge in [0.2, 0.25) is 0 Å². The van der Waals surface area contributed by atoms with Crippen LogP contribution in [0.1, 0.15) is 21.5 Å². The van der Waals surface area contributed by atoms with Gasteiger partial charge in [-0.1, -0.05) is 36.0 Å². The Morgan fingerprint density at radius 2 is 1.86 bits per heavy atom. The molecule has 0 unspecified atom stereocenters. The number of ketones is 1. The zero-order chi connectivity index (χ0) is 20.4. The lowest BCUT2D eigenvalue weighted by Crippen LogP contribution is -2.03. The molecule has 2 aromatic carbocycles. The number of ether oxygens (including phenoxy) is 1. The van der Waals surface area contributed by atoms with Crippen molar-refractivity contribution in [2.24, 2.45) is 0 Å². The molecule has 6 heteroatoms. The third-order valence-electron chi connectivity index (χ3n) is 4.91. The Bertz CT molecular complexity index is 1180. The van der Waals surface area contributed by atoms with Gasteiger partial charge >= 0.3 is 0 Å². The van der Waals surface area contributed by atoms with E-state index in [9.17, 15) is 4.79 Å². The molecule has 2 heterocycles. The minimum Gasteiger partial charge on any atom is -0.497 e. The number of Topliss-reactive ketones (excluding diaryl/α,β-unsaturated/α-hetero) is 1. The minimum absolute atomic E-state index is 0.103. The molecule has 0 N–H and O–H groups in total. The largest absolute Gasteiger partial charge is 0.497 e. The molecule has 0 spiro atoms. The maximum Gasteiger partial charge on any atom is 0.173 e. The van der Waals surface area contributed by atoms with E-state index in [4.69, 9.17) is 4.74 Å². The van der Waals surface area contributed by atoms with E-state index in [1.807, 2.05) is 56.3 Å². The van der Waals surface area contributed by atoms with Crippen molar-refractivity contribution >= 4 is 39.1 Å². The normalized spacial score (nSPS) is 11.0. The molecule has 4 rings (SSSR count). The van der Waals surface area contributed by atoms with Gasteiger partial charge in [-0.25, -0.2) is 9.97 Å². The maximum absolute atomic E-state index is 12.7. The van der Waals surface area contributed by atoms with Crippen molar-refractivity contribution in [1.29, 1.82) is 0 Å². The SMILES string of the molecule is COc1ccc(-c2csc3ncnc(SCC(=O)c4ccc(C)c(C)c4)c23)cc1. The summed E-state index contributed by atoms with van der Waals surface area (Å²) in [7, 11) is 1.66. The van der Waals surface area contributed by atoms with Gasteiger partial charge in [0.1, 0.15) is 21.9 Å². The third kappa shape index (κ3) is 4.04. The highest BCUT2D eigenvalue weighted by atomic mass is 32.2. The molecule has 4 nitrogen and oxygen atoms in total. The first kappa shape index (κ1) is 19.6. The summed E-state index contributed by atoms with van der Waals surface area (Å²) < 4.78 is 5.26. The molecule has 4 aromatic rings. The fourth-order valence-electron chi connectivity index (χ4n) is 3.07. The van der Waals surface area contributed by atoms with Crippen LogP contribution in [-0.2, 0) is 0 Å². The van der Waals surface area contributed by atoms with Crippen LogP contribution in [-0.4, -0.2) is 28.6 Å². The van der Waals surface area contributed by atoms with Gasteiger partial charge in [0, 0.05) is 16.5 Å². The molecule has 0 aliphatic rings. The van der Waals surface area contributed by atoms with Gasteiger partial charge < -0.3 is 4.74 Å². The van der Waals surface area contributed by atoms with Gasteiger partial charge in [-0.15, -0.1) is 11.3 Å². The second-order valence-corrected chi connectivity index (χ2v) is 8.57. The Balaban J connectivity index is 1.62. The van der Waals surface area contributed by atoms with Crippen molar-refractivity contribution in [3.63, 3.8) is 0 Å². The van der Waals surface area contributed by atoms with Crippen molar-refractivity contribution in [3.8, 4) is 16.9 Å². The van der Waals surface area contributed by atoms with Crippen LogP contribution in [0.3, 0.4) is 0 Å². The average Bonchev–Trinajstić information content (AvgIpc) is 3.19. The van der Waals surface area contributed by atoms with Crippen LogP contribution >= 0.6 is 23.1 Å². The van der Waals surface area contributed by atoms with E-state index in [2.05, 4.69) is 15.3 Å². The van der Waals surface area contributed by atoms with Gasteiger partial charge in [0.25, 0.3) is 0 Å². The molecule has 0 amide bonds. The van der Waals surface area contributed by atoms with Crippen molar-refractivity contribution in [2.75, 3.05) is 12.9 Å². The summed E-state index contributed by atoms with van der Waals surface area (Å²) in [5.74, 6) is 1.26. The summed E-state index contributed by atoms with van der Waals surface area (Å²) in [5.41, 5.74) is 5.22. The highest BCUT2D eigenvalue weighted by molar-refractivity contribution is 8.00. The van der Waals surface area contributed by atoms with E-state index in [0.717, 1.165) is 43.2 Å². The van der Waals surface area contributed by atoms with Crippen LogP contribution in [0.5, 0.6) is 5.75 Å². The predicted molar refractivity (Wildman–Crippen MR) is 120 cm³/mol. The number of rotatable bonds is 6. The number of nitrogens with zero attached hydrogens (tertiary/aromatic N) is 2. The van der Waals surface area contributed by atoms with Crippen molar-refractivity contribution in [3.05, 3.63) is 70.9 Å². The highest BCUT2D eigenvalue weighted by Crippen LogP contribution is 2.38. The number of aryl methyl sites for hydroxylation is 2. The Hall–Kier alpha value is -2.70. The first-order valence-electron chi connectivity index (χ1n) is 9.16. The Kier molecular flexibility index (Phi) is 5.65. The molecular weight excluding hydrogens is 400 g/mol. The van der Waals surface area contributed by atoms with Crippen LogP contribution < -0.4 is 4.74 Å². The number of thioether (sulfide) groups is 1. The number of benzene rings is 2. The fourth-order valence-corrected chi connectivity index (χ4v) is 4.96. The van der Waals surface area contributed by atoms with E-state index in [1.165, 1.54) is 17.3 Å². The smallest absolute Gasteiger partial charge is 0.173 e.